The van der Waals surface area contributed by atoms with Gasteiger partial charge in [-0.2, -0.15) is 0 Å². The summed E-state index contributed by atoms with van der Waals surface area (Å²) in [5.41, 5.74) is 3.01. The predicted octanol–water partition coefficient (Wildman–Crippen LogP) is 4.98. The summed E-state index contributed by atoms with van der Waals surface area (Å²) in [6.45, 7) is 11.3. The van der Waals surface area contributed by atoms with Crippen molar-refractivity contribution in [2.75, 3.05) is 26.7 Å². The number of aliphatic hydroxyl groups is 1. The Bertz CT molecular complexity index is 795. The molecule has 0 aromatic carbocycles. The molecular weight excluding hydrogens is 414 g/mol. The topological polar surface area (TPSA) is 74.2 Å². The maximum Gasteiger partial charge on any atom is 0.435 e. The van der Waals surface area contributed by atoms with Crippen LogP contribution >= 0.6 is 0 Å². The molecule has 0 aromatic heterocycles. The number of likely N-dealkylation sites (N-methyl/N-ethyl adjacent to an activating group) is 2. The minimum Gasteiger partial charge on any atom is -0.393 e. The van der Waals surface area contributed by atoms with Gasteiger partial charge < -0.3 is 15.3 Å². The number of carbonyl (C=O) groups excluding carboxylic acids is 1. The van der Waals surface area contributed by atoms with E-state index in [1.165, 1.54) is 24.8 Å². The zero-order valence-electron chi connectivity index (χ0n) is 21.4. The lowest BCUT2D eigenvalue weighted by atomic mass is 9.47. The predicted molar refractivity (Wildman–Crippen MR) is 132 cm³/mol. The van der Waals surface area contributed by atoms with Crippen LogP contribution in [0.2, 0.25) is 0 Å². The number of carbonyl (C=O) groups is 1. The van der Waals surface area contributed by atoms with Gasteiger partial charge >= 0.3 is 6.09 Å². The third-order valence-corrected chi connectivity index (χ3v) is 10.0. The highest BCUT2D eigenvalue weighted by atomic mass is 16.7. The van der Waals surface area contributed by atoms with Crippen molar-refractivity contribution in [2.24, 2.45) is 39.7 Å². The molecule has 4 aliphatic rings. The fourth-order valence-electron chi connectivity index (χ4n) is 8.09. The Morgan fingerprint density at radius 2 is 2.03 bits per heavy atom. The van der Waals surface area contributed by atoms with Gasteiger partial charge in [0.2, 0.25) is 0 Å². The second-order valence-corrected chi connectivity index (χ2v) is 11.7. The monoisotopic (exact) mass is 459 g/mol. The highest BCUT2D eigenvalue weighted by molar-refractivity contribution is 5.85. The Hall–Kier alpha value is -1.40. The van der Waals surface area contributed by atoms with Crippen LogP contribution in [0.3, 0.4) is 0 Å². The van der Waals surface area contributed by atoms with E-state index in [1.54, 1.807) is 11.9 Å². The highest BCUT2D eigenvalue weighted by Gasteiger charge is 2.59. The molecule has 0 spiro atoms. The Morgan fingerprint density at radius 1 is 1.24 bits per heavy atom. The molecule has 3 fully saturated rings. The quantitative estimate of drug-likeness (QED) is 0.193. The largest absolute Gasteiger partial charge is 0.435 e. The summed E-state index contributed by atoms with van der Waals surface area (Å²) in [4.78, 5) is 19.3. The molecule has 0 radical (unpaired) electrons. The maximum absolute atomic E-state index is 12.3. The molecule has 0 bridgehead atoms. The Labute approximate surface area is 200 Å². The van der Waals surface area contributed by atoms with E-state index >= 15 is 0 Å². The van der Waals surface area contributed by atoms with Gasteiger partial charge in [0, 0.05) is 26.1 Å². The first-order valence-corrected chi connectivity index (χ1v) is 13.3. The fourth-order valence-corrected chi connectivity index (χ4v) is 8.09. The molecule has 0 unspecified atom stereocenters. The van der Waals surface area contributed by atoms with Crippen LogP contribution in [-0.2, 0) is 4.84 Å². The SMILES string of the molecule is CCNCCN(C)C(=O)O/N=C(\C)[C@H]1CC[C@H]2[C@@H]3CC=C4C[C@@H](O)CC[C@]4(C)[C@H]3CC[C@]12C. The van der Waals surface area contributed by atoms with Crippen molar-refractivity contribution in [1.82, 2.24) is 10.2 Å². The minimum absolute atomic E-state index is 0.144. The lowest BCUT2D eigenvalue weighted by Gasteiger charge is -2.58. The molecule has 0 heterocycles. The van der Waals surface area contributed by atoms with Gasteiger partial charge in [0.1, 0.15) is 0 Å². The first-order chi connectivity index (χ1) is 15.7. The third kappa shape index (κ3) is 4.50. The highest BCUT2D eigenvalue weighted by Crippen LogP contribution is 2.66. The summed E-state index contributed by atoms with van der Waals surface area (Å²) in [6.07, 6.45) is 11.0. The van der Waals surface area contributed by atoms with E-state index in [0.717, 1.165) is 62.7 Å². The van der Waals surface area contributed by atoms with Crippen molar-refractivity contribution in [2.45, 2.75) is 85.2 Å². The zero-order valence-corrected chi connectivity index (χ0v) is 21.4. The second-order valence-electron chi connectivity index (χ2n) is 11.7. The fraction of sp³-hybridized carbons (Fsp3) is 0.852. The number of hydrogen-bond donors (Lipinski definition) is 2. The molecule has 0 aromatic rings. The van der Waals surface area contributed by atoms with Gasteiger partial charge in [0.15, 0.2) is 0 Å². The summed E-state index contributed by atoms with van der Waals surface area (Å²) < 4.78 is 0. The molecule has 0 saturated heterocycles. The molecule has 33 heavy (non-hydrogen) atoms. The molecule has 6 heteroatoms. The first kappa shape index (κ1) is 24.7. The van der Waals surface area contributed by atoms with Gasteiger partial charge in [-0.05, 0) is 93.4 Å². The van der Waals surface area contributed by atoms with Crippen molar-refractivity contribution in [3.8, 4) is 0 Å². The number of oxime groups is 1. The normalized spacial score (nSPS) is 40.4. The van der Waals surface area contributed by atoms with Gasteiger partial charge in [0.05, 0.1) is 11.8 Å². The number of fused-ring (bicyclic) bond motifs is 5. The summed E-state index contributed by atoms with van der Waals surface area (Å²) in [5.74, 6) is 2.55. The van der Waals surface area contributed by atoms with Gasteiger partial charge in [-0.25, -0.2) is 4.79 Å². The van der Waals surface area contributed by atoms with Crippen molar-refractivity contribution in [3.63, 3.8) is 0 Å². The van der Waals surface area contributed by atoms with Crippen molar-refractivity contribution in [3.05, 3.63) is 11.6 Å². The number of nitrogens with one attached hydrogen (secondary N) is 1. The van der Waals surface area contributed by atoms with E-state index in [4.69, 9.17) is 4.84 Å². The number of nitrogens with zero attached hydrogens (tertiary/aromatic N) is 2. The summed E-state index contributed by atoms with van der Waals surface area (Å²) in [7, 11) is 1.76. The van der Waals surface area contributed by atoms with Crippen LogP contribution in [0.25, 0.3) is 0 Å². The van der Waals surface area contributed by atoms with Crippen molar-refractivity contribution in [1.29, 1.82) is 0 Å². The van der Waals surface area contributed by atoms with Crippen LogP contribution in [0, 0.1) is 34.5 Å². The number of allylic oxidation sites excluding steroid dienone is 1. The standard InChI is InChI=1S/C27H45N3O3/c1-6-28-15-16-30(5)25(32)33-29-18(2)22-9-10-23-21-8-7-19-17-20(31)11-13-26(19,3)24(21)12-14-27(22,23)4/h7,20-24,28,31H,6,8-17H2,1-5H3/b29-18+/t20-,21-,22+,23-,24-,26-,27+/m0/s1. The van der Waals surface area contributed by atoms with Crippen molar-refractivity contribution >= 4 is 11.8 Å². The summed E-state index contributed by atoms with van der Waals surface area (Å²) >= 11 is 0. The first-order valence-electron chi connectivity index (χ1n) is 13.3. The number of amides is 1. The van der Waals surface area contributed by atoms with Crippen LogP contribution in [-0.4, -0.2) is 54.6 Å². The molecule has 3 saturated carbocycles. The van der Waals surface area contributed by atoms with E-state index in [1.807, 2.05) is 0 Å². The van der Waals surface area contributed by atoms with Gasteiger partial charge in [0.25, 0.3) is 0 Å². The Balaban J connectivity index is 1.43. The second kappa shape index (κ2) is 9.69. The maximum atomic E-state index is 12.3. The molecule has 4 aliphatic carbocycles. The van der Waals surface area contributed by atoms with Crippen LogP contribution in [0.1, 0.15) is 79.1 Å². The number of aliphatic hydroxyl groups excluding tert-OH is 1. The lowest BCUT2D eigenvalue weighted by molar-refractivity contribution is -0.0426. The lowest BCUT2D eigenvalue weighted by Crippen LogP contribution is -2.50. The van der Waals surface area contributed by atoms with E-state index in [9.17, 15) is 9.90 Å². The summed E-state index contributed by atoms with van der Waals surface area (Å²) in [5, 5.41) is 17.8. The zero-order chi connectivity index (χ0) is 23.8. The molecule has 7 atom stereocenters. The molecule has 0 aliphatic heterocycles. The molecule has 186 valence electrons. The molecular formula is C27H45N3O3. The molecule has 2 N–H and O–H groups in total. The smallest absolute Gasteiger partial charge is 0.393 e. The van der Waals surface area contributed by atoms with Gasteiger partial charge in [-0.3, -0.25) is 4.84 Å². The molecule has 4 rings (SSSR count). The van der Waals surface area contributed by atoms with Gasteiger partial charge in [-0.1, -0.05) is 37.6 Å². The van der Waals surface area contributed by atoms with E-state index in [2.05, 4.69) is 44.2 Å². The van der Waals surface area contributed by atoms with Crippen LogP contribution in [0.4, 0.5) is 4.79 Å². The minimum atomic E-state index is -0.381. The van der Waals surface area contributed by atoms with Gasteiger partial charge in [-0.15, -0.1) is 0 Å². The van der Waals surface area contributed by atoms with Crippen LogP contribution < -0.4 is 5.32 Å². The molecule has 1 amide bonds. The average Bonchev–Trinajstić information content (AvgIpc) is 3.15. The van der Waals surface area contributed by atoms with Crippen molar-refractivity contribution < 1.29 is 14.7 Å². The van der Waals surface area contributed by atoms with E-state index in [0.29, 0.717) is 18.4 Å². The van der Waals surface area contributed by atoms with Crippen LogP contribution in [0.15, 0.2) is 16.8 Å². The summed E-state index contributed by atoms with van der Waals surface area (Å²) in [6, 6.07) is 0. The number of hydrogen-bond acceptors (Lipinski definition) is 5. The average molecular weight is 460 g/mol. The molecule has 6 nitrogen and oxygen atoms in total. The van der Waals surface area contributed by atoms with E-state index < -0.39 is 0 Å². The Kier molecular flexibility index (Phi) is 7.26. The number of rotatable bonds is 6. The Morgan fingerprint density at radius 3 is 2.79 bits per heavy atom. The third-order valence-electron chi connectivity index (χ3n) is 10.0. The van der Waals surface area contributed by atoms with E-state index in [-0.39, 0.29) is 23.0 Å². The van der Waals surface area contributed by atoms with Crippen LogP contribution in [0.5, 0.6) is 0 Å².